The lowest BCUT2D eigenvalue weighted by atomic mass is 9.90. The fourth-order valence-corrected chi connectivity index (χ4v) is 5.00. The molecule has 34 heavy (non-hydrogen) atoms. The normalized spacial score (nSPS) is 14.9. The summed E-state index contributed by atoms with van der Waals surface area (Å²) in [5.74, 6) is 0.528. The number of benzene rings is 2. The predicted octanol–water partition coefficient (Wildman–Crippen LogP) is 2.66. The number of carbonyl (C=O) groups excluding carboxylic acids is 2. The summed E-state index contributed by atoms with van der Waals surface area (Å²) in [4.78, 5) is 24.1. The third-order valence-corrected chi connectivity index (χ3v) is 6.98. The molecule has 3 amide bonds. The molecule has 3 rings (SSSR count). The van der Waals surface area contributed by atoms with Gasteiger partial charge in [-0.05, 0) is 48.6 Å². The third kappa shape index (κ3) is 5.65. The van der Waals surface area contributed by atoms with E-state index in [1.807, 2.05) is 4.72 Å². The Labute approximate surface area is 203 Å². The average molecular weight is 512 g/mol. The van der Waals surface area contributed by atoms with Gasteiger partial charge in [-0.15, -0.1) is 0 Å². The second kappa shape index (κ2) is 10.8. The van der Waals surface area contributed by atoms with Gasteiger partial charge in [-0.25, -0.2) is 17.9 Å². The van der Waals surface area contributed by atoms with E-state index in [0.717, 1.165) is 0 Å². The molecule has 0 saturated carbocycles. The summed E-state index contributed by atoms with van der Waals surface area (Å²) in [5, 5.41) is 5.48. The standard InChI is InChI=1S/C22H26ClN3O7S/c1-24-22(28)26-34(29,30)20-11-15-13(7-9-33-18(15)12-19(20)32-3)6-8-25-21(27)16-10-14(23)4-5-17(16)31-2/h4-5,10-13H,6-9H2,1-3H3,(H,25,27)(H2,24,26,28). The van der Waals surface area contributed by atoms with Gasteiger partial charge >= 0.3 is 6.03 Å². The highest BCUT2D eigenvalue weighted by molar-refractivity contribution is 7.90. The van der Waals surface area contributed by atoms with Gasteiger partial charge in [0, 0.05) is 24.7 Å². The van der Waals surface area contributed by atoms with Gasteiger partial charge in [-0.3, -0.25) is 4.79 Å². The van der Waals surface area contributed by atoms with Crippen molar-refractivity contribution in [3.05, 3.63) is 46.5 Å². The maximum atomic E-state index is 12.7. The van der Waals surface area contributed by atoms with Crippen molar-refractivity contribution >= 4 is 33.6 Å². The number of hydrogen-bond donors (Lipinski definition) is 3. The van der Waals surface area contributed by atoms with Crippen molar-refractivity contribution in [2.45, 2.75) is 23.7 Å². The van der Waals surface area contributed by atoms with E-state index in [1.54, 1.807) is 12.1 Å². The minimum absolute atomic E-state index is 0.0529. The fourth-order valence-electron chi connectivity index (χ4n) is 3.68. The molecule has 0 bridgehead atoms. The minimum Gasteiger partial charge on any atom is -0.496 e. The van der Waals surface area contributed by atoms with Crippen molar-refractivity contribution in [3.8, 4) is 17.2 Å². The van der Waals surface area contributed by atoms with E-state index in [2.05, 4.69) is 10.6 Å². The molecule has 1 aliphatic rings. The van der Waals surface area contributed by atoms with Crippen LogP contribution in [0.25, 0.3) is 0 Å². The third-order valence-electron chi connectivity index (χ3n) is 5.39. The Bertz CT molecular complexity index is 1190. The maximum absolute atomic E-state index is 12.7. The van der Waals surface area contributed by atoms with Crippen LogP contribution in [0.4, 0.5) is 4.79 Å². The maximum Gasteiger partial charge on any atom is 0.328 e. The number of ether oxygens (including phenoxy) is 3. The van der Waals surface area contributed by atoms with Crippen molar-refractivity contribution < 1.29 is 32.2 Å². The summed E-state index contributed by atoms with van der Waals surface area (Å²) in [6.07, 6.45) is 1.15. The number of sulfonamides is 1. The lowest BCUT2D eigenvalue weighted by Gasteiger charge is -2.27. The molecule has 1 heterocycles. The van der Waals surface area contributed by atoms with Crippen LogP contribution in [0.2, 0.25) is 5.02 Å². The molecule has 0 saturated heterocycles. The molecule has 0 aliphatic carbocycles. The number of halogens is 1. The molecule has 2 aromatic rings. The second-order valence-corrected chi connectivity index (χ2v) is 9.54. The Hall–Kier alpha value is -3.18. The van der Waals surface area contributed by atoms with Gasteiger partial charge < -0.3 is 24.8 Å². The Kier molecular flexibility index (Phi) is 8.11. The first kappa shape index (κ1) is 25.4. The Balaban J connectivity index is 1.80. The molecule has 1 atom stereocenters. The summed E-state index contributed by atoms with van der Waals surface area (Å²) < 4.78 is 43.6. The zero-order valence-electron chi connectivity index (χ0n) is 18.9. The SMILES string of the molecule is CNC(=O)NS(=O)(=O)c1cc2c(cc1OC)OCCC2CCNC(=O)c1cc(Cl)ccc1OC. The van der Waals surface area contributed by atoms with Gasteiger partial charge in [0.1, 0.15) is 22.1 Å². The van der Waals surface area contributed by atoms with E-state index < -0.39 is 16.1 Å². The topological polar surface area (TPSA) is 132 Å². The van der Waals surface area contributed by atoms with Gasteiger partial charge in [0.15, 0.2) is 0 Å². The molecule has 0 radical (unpaired) electrons. The molecule has 0 spiro atoms. The first-order valence-electron chi connectivity index (χ1n) is 10.4. The molecule has 10 nitrogen and oxygen atoms in total. The summed E-state index contributed by atoms with van der Waals surface area (Å²) in [5.41, 5.74) is 0.972. The Morgan fingerprint density at radius 1 is 1.15 bits per heavy atom. The number of amides is 3. The summed E-state index contributed by atoms with van der Waals surface area (Å²) in [6, 6.07) is 6.86. The van der Waals surface area contributed by atoms with Gasteiger partial charge in [0.2, 0.25) is 0 Å². The molecule has 0 aromatic heterocycles. The lowest BCUT2D eigenvalue weighted by molar-refractivity contribution is 0.0948. The van der Waals surface area contributed by atoms with Crippen molar-refractivity contribution in [1.29, 1.82) is 0 Å². The predicted molar refractivity (Wildman–Crippen MR) is 126 cm³/mol. The zero-order valence-corrected chi connectivity index (χ0v) is 20.5. The smallest absolute Gasteiger partial charge is 0.328 e. The van der Waals surface area contributed by atoms with Crippen molar-refractivity contribution in [2.24, 2.45) is 0 Å². The van der Waals surface area contributed by atoms with E-state index in [-0.39, 0.29) is 22.5 Å². The molecule has 3 N–H and O–H groups in total. The van der Waals surface area contributed by atoms with E-state index in [0.29, 0.717) is 53.6 Å². The number of carbonyl (C=O) groups is 2. The first-order chi connectivity index (χ1) is 16.2. The highest BCUT2D eigenvalue weighted by Crippen LogP contribution is 2.41. The number of rotatable bonds is 8. The van der Waals surface area contributed by atoms with Crippen LogP contribution in [0.5, 0.6) is 17.2 Å². The van der Waals surface area contributed by atoms with Crippen LogP contribution in [-0.4, -0.2) is 54.8 Å². The minimum atomic E-state index is -4.19. The molecule has 1 unspecified atom stereocenters. The van der Waals surface area contributed by atoms with Crippen molar-refractivity contribution in [2.75, 3.05) is 34.4 Å². The average Bonchev–Trinajstić information content (AvgIpc) is 2.82. The summed E-state index contributed by atoms with van der Waals surface area (Å²) >= 11 is 6.01. The molecule has 184 valence electrons. The van der Waals surface area contributed by atoms with Crippen molar-refractivity contribution in [1.82, 2.24) is 15.4 Å². The van der Waals surface area contributed by atoms with Crippen LogP contribution in [0.3, 0.4) is 0 Å². The van der Waals surface area contributed by atoms with Crippen LogP contribution in [0.15, 0.2) is 35.2 Å². The monoisotopic (exact) mass is 511 g/mol. The summed E-state index contributed by atoms with van der Waals surface area (Å²) in [7, 11) is -0.0761. The Morgan fingerprint density at radius 2 is 1.88 bits per heavy atom. The van der Waals surface area contributed by atoms with E-state index in [4.69, 9.17) is 25.8 Å². The van der Waals surface area contributed by atoms with Crippen LogP contribution >= 0.6 is 11.6 Å². The highest BCUT2D eigenvalue weighted by Gasteiger charge is 2.29. The first-order valence-corrected chi connectivity index (χ1v) is 12.3. The largest absolute Gasteiger partial charge is 0.496 e. The van der Waals surface area contributed by atoms with Crippen LogP contribution in [0.1, 0.15) is 34.7 Å². The van der Waals surface area contributed by atoms with Crippen molar-refractivity contribution in [3.63, 3.8) is 0 Å². The lowest BCUT2D eigenvalue weighted by Crippen LogP contribution is -2.37. The molecule has 2 aromatic carbocycles. The zero-order chi connectivity index (χ0) is 24.9. The van der Waals surface area contributed by atoms with Gasteiger partial charge in [0.05, 0.1) is 26.4 Å². The van der Waals surface area contributed by atoms with Crippen LogP contribution in [0, 0.1) is 0 Å². The number of urea groups is 1. The number of methoxy groups -OCH3 is 2. The highest BCUT2D eigenvalue weighted by atomic mass is 35.5. The molecule has 0 fully saturated rings. The van der Waals surface area contributed by atoms with Gasteiger partial charge in [0.25, 0.3) is 15.9 Å². The quantitative estimate of drug-likeness (QED) is 0.496. The molecular formula is C22H26ClN3O7S. The van der Waals surface area contributed by atoms with E-state index in [1.165, 1.54) is 39.5 Å². The van der Waals surface area contributed by atoms with Gasteiger partial charge in [-0.1, -0.05) is 11.6 Å². The van der Waals surface area contributed by atoms with E-state index >= 15 is 0 Å². The number of hydrogen-bond acceptors (Lipinski definition) is 7. The second-order valence-electron chi connectivity index (χ2n) is 7.45. The summed E-state index contributed by atoms with van der Waals surface area (Å²) in [6.45, 7) is 0.753. The van der Waals surface area contributed by atoms with Crippen LogP contribution < -0.4 is 29.6 Å². The number of fused-ring (bicyclic) bond motifs is 1. The Morgan fingerprint density at radius 3 is 2.56 bits per heavy atom. The molecule has 12 heteroatoms. The van der Waals surface area contributed by atoms with Gasteiger partial charge in [-0.2, -0.15) is 0 Å². The number of nitrogens with one attached hydrogen (secondary N) is 3. The molecule has 1 aliphatic heterocycles. The molecular weight excluding hydrogens is 486 g/mol. The fraction of sp³-hybridized carbons (Fsp3) is 0.364. The van der Waals surface area contributed by atoms with E-state index in [9.17, 15) is 18.0 Å². The van der Waals surface area contributed by atoms with Crippen LogP contribution in [-0.2, 0) is 10.0 Å².